The maximum atomic E-state index is 12.6. The van der Waals surface area contributed by atoms with Crippen LogP contribution < -0.4 is 5.32 Å². The van der Waals surface area contributed by atoms with Crippen LogP contribution in [0.5, 0.6) is 0 Å². The lowest BCUT2D eigenvalue weighted by Crippen LogP contribution is -2.50. The Morgan fingerprint density at radius 2 is 2.10 bits per heavy atom. The molecule has 3 heterocycles. The molecule has 0 aromatic carbocycles. The van der Waals surface area contributed by atoms with E-state index in [4.69, 9.17) is 0 Å². The second-order valence-corrected chi connectivity index (χ2v) is 5.88. The minimum absolute atomic E-state index is 0.0696. The molecule has 2 atom stereocenters. The molecule has 7 heteroatoms. The predicted octanol–water partition coefficient (Wildman–Crippen LogP) is 1.67. The van der Waals surface area contributed by atoms with Crippen molar-refractivity contribution in [2.75, 3.05) is 6.54 Å². The molecular weight excluding hydrogens is 272 g/mol. The van der Waals surface area contributed by atoms with Crippen molar-refractivity contribution in [3.05, 3.63) is 28.1 Å². The van der Waals surface area contributed by atoms with Crippen molar-refractivity contribution < 1.29 is 9.72 Å². The van der Waals surface area contributed by atoms with E-state index in [-0.39, 0.29) is 17.6 Å². The fraction of sp³-hybridized carbons (Fsp3) is 0.643. The van der Waals surface area contributed by atoms with Gasteiger partial charge in [-0.2, -0.15) is 0 Å². The Kier molecular flexibility index (Phi) is 3.67. The van der Waals surface area contributed by atoms with Crippen LogP contribution in [0.4, 0.5) is 5.69 Å². The van der Waals surface area contributed by atoms with Gasteiger partial charge < -0.3 is 15.2 Å². The molecule has 0 saturated carbocycles. The van der Waals surface area contributed by atoms with Gasteiger partial charge in [-0.15, -0.1) is 0 Å². The number of H-pyrrole nitrogens is 1. The summed E-state index contributed by atoms with van der Waals surface area (Å²) in [5, 5.41) is 14.3. The lowest BCUT2D eigenvalue weighted by Gasteiger charge is -2.37. The molecule has 0 aliphatic carbocycles. The lowest BCUT2D eigenvalue weighted by molar-refractivity contribution is -0.384. The van der Waals surface area contributed by atoms with Crippen LogP contribution in [0.15, 0.2) is 12.3 Å². The molecule has 1 aromatic heterocycles. The number of carbonyl (C=O) groups is 1. The molecule has 1 amide bonds. The first kappa shape index (κ1) is 14.1. The van der Waals surface area contributed by atoms with Crippen LogP contribution in [0.3, 0.4) is 0 Å². The zero-order valence-corrected chi connectivity index (χ0v) is 12.0. The summed E-state index contributed by atoms with van der Waals surface area (Å²) in [6.07, 6.45) is 5.58. The van der Waals surface area contributed by atoms with Gasteiger partial charge in [0.1, 0.15) is 5.69 Å². The van der Waals surface area contributed by atoms with Crippen LogP contribution >= 0.6 is 0 Å². The standard InChI is InChI=1S/C14H20N4O3/c1-2-17(11-5-9-3-4-10(6-11)16-9)14(19)13-7-12(8-15-13)18(20)21/h7-11,15-16H,2-6H2,1H3. The van der Waals surface area contributed by atoms with E-state index in [1.54, 1.807) is 0 Å². The first-order chi connectivity index (χ1) is 10.1. The van der Waals surface area contributed by atoms with Crippen molar-refractivity contribution in [1.29, 1.82) is 0 Å². The molecule has 7 nitrogen and oxygen atoms in total. The monoisotopic (exact) mass is 292 g/mol. The Balaban J connectivity index is 1.75. The molecule has 2 N–H and O–H groups in total. The summed E-state index contributed by atoms with van der Waals surface area (Å²) in [5.74, 6) is -0.142. The average molecular weight is 292 g/mol. The average Bonchev–Trinajstić information content (AvgIpc) is 3.07. The van der Waals surface area contributed by atoms with Crippen LogP contribution in [-0.4, -0.2) is 45.4 Å². The van der Waals surface area contributed by atoms with Gasteiger partial charge in [-0.05, 0) is 32.6 Å². The number of fused-ring (bicyclic) bond motifs is 2. The third kappa shape index (κ3) is 2.65. The number of nitrogens with one attached hydrogen (secondary N) is 2. The molecule has 2 unspecified atom stereocenters. The summed E-state index contributed by atoms with van der Waals surface area (Å²) in [6.45, 7) is 2.58. The Morgan fingerprint density at radius 1 is 1.43 bits per heavy atom. The highest BCUT2D eigenvalue weighted by molar-refractivity contribution is 5.93. The highest BCUT2D eigenvalue weighted by Crippen LogP contribution is 2.30. The largest absolute Gasteiger partial charge is 0.351 e. The first-order valence-electron chi connectivity index (χ1n) is 7.48. The number of aromatic amines is 1. The highest BCUT2D eigenvalue weighted by Gasteiger charge is 2.37. The number of aromatic nitrogens is 1. The molecule has 114 valence electrons. The van der Waals surface area contributed by atoms with Gasteiger partial charge in [0.05, 0.1) is 11.1 Å². The normalized spacial score (nSPS) is 27.6. The van der Waals surface area contributed by atoms with Gasteiger partial charge in [-0.3, -0.25) is 14.9 Å². The van der Waals surface area contributed by atoms with Crippen molar-refractivity contribution in [1.82, 2.24) is 15.2 Å². The number of carbonyl (C=O) groups excluding carboxylic acids is 1. The summed E-state index contributed by atoms with van der Waals surface area (Å²) in [5.41, 5.74) is 0.231. The van der Waals surface area contributed by atoms with E-state index in [0.717, 1.165) is 12.8 Å². The van der Waals surface area contributed by atoms with Crippen LogP contribution in [-0.2, 0) is 0 Å². The first-order valence-corrected chi connectivity index (χ1v) is 7.48. The number of nitro groups is 1. The van der Waals surface area contributed by atoms with Crippen LogP contribution in [0.1, 0.15) is 43.1 Å². The number of amides is 1. The van der Waals surface area contributed by atoms with Gasteiger partial charge in [0, 0.05) is 30.7 Å². The minimum Gasteiger partial charge on any atom is -0.351 e. The van der Waals surface area contributed by atoms with E-state index < -0.39 is 4.92 Å². The second-order valence-electron chi connectivity index (χ2n) is 5.88. The van der Waals surface area contributed by atoms with Gasteiger partial charge in [-0.25, -0.2) is 0 Å². The Labute approximate surface area is 122 Å². The molecule has 21 heavy (non-hydrogen) atoms. The van der Waals surface area contributed by atoms with Crippen molar-refractivity contribution >= 4 is 11.6 Å². The van der Waals surface area contributed by atoms with E-state index in [0.29, 0.717) is 24.3 Å². The Bertz CT molecular complexity index is 544. The molecule has 2 aliphatic heterocycles. The molecule has 2 bridgehead atoms. The molecule has 1 aromatic rings. The number of hydrogen-bond acceptors (Lipinski definition) is 4. The van der Waals surface area contributed by atoms with Gasteiger partial charge in [0.25, 0.3) is 11.6 Å². The smallest absolute Gasteiger partial charge is 0.287 e. The summed E-state index contributed by atoms with van der Waals surface area (Å²) in [6, 6.07) is 2.56. The summed E-state index contributed by atoms with van der Waals surface area (Å²) >= 11 is 0. The molecule has 2 saturated heterocycles. The van der Waals surface area contributed by atoms with Crippen molar-refractivity contribution in [3.8, 4) is 0 Å². The summed E-state index contributed by atoms with van der Waals surface area (Å²) in [7, 11) is 0. The van der Waals surface area contributed by atoms with E-state index in [9.17, 15) is 14.9 Å². The third-order valence-corrected chi connectivity index (χ3v) is 4.60. The highest BCUT2D eigenvalue weighted by atomic mass is 16.6. The second kappa shape index (κ2) is 5.48. The molecule has 0 radical (unpaired) electrons. The molecule has 3 rings (SSSR count). The van der Waals surface area contributed by atoms with E-state index in [1.165, 1.54) is 25.1 Å². The quantitative estimate of drug-likeness (QED) is 0.652. The SMILES string of the molecule is CCN(C(=O)c1cc([N+](=O)[O-])c[nH]1)C1CC2CCC(C1)N2. The zero-order chi connectivity index (χ0) is 15.0. The maximum absolute atomic E-state index is 12.6. The van der Waals surface area contributed by atoms with Crippen molar-refractivity contribution in [2.45, 2.75) is 50.7 Å². The summed E-state index contributed by atoms with van der Waals surface area (Å²) in [4.78, 5) is 27.4. The molecule has 2 fully saturated rings. The molecular formula is C14H20N4O3. The molecule has 2 aliphatic rings. The Hall–Kier alpha value is -1.89. The fourth-order valence-corrected chi connectivity index (χ4v) is 3.62. The predicted molar refractivity (Wildman–Crippen MR) is 77.1 cm³/mol. The fourth-order valence-electron chi connectivity index (χ4n) is 3.62. The van der Waals surface area contributed by atoms with Gasteiger partial charge >= 0.3 is 0 Å². The van der Waals surface area contributed by atoms with Crippen molar-refractivity contribution in [3.63, 3.8) is 0 Å². The zero-order valence-electron chi connectivity index (χ0n) is 12.0. The van der Waals surface area contributed by atoms with Crippen LogP contribution in [0, 0.1) is 10.1 Å². The Morgan fingerprint density at radius 3 is 2.62 bits per heavy atom. The van der Waals surface area contributed by atoms with Gasteiger partial charge in [0.15, 0.2) is 0 Å². The third-order valence-electron chi connectivity index (χ3n) is 4.60. The molecule has 0 spiro atoms. The van der Waals surface area contributed by atoms with Crippen molar-refractivity contribution in [2.24, 2.45) is 0 Å². The van der Waals surface area contributed by atoms with Gasteiger partial charge in [-0.1, -0.05) is 0 Å². The minimum atomic E-state index is -0.492. The van der Waals surface area contributed by atoms with Crippen LogP contribution in [0.25, 0.3) is 0 Å². The number of nitrogens with zero attached hydrogens (tertiary/aromatic N) is 2. The number of rotatable bonds is 4. The van der Waals surface area contributed by atoms with E-state index >= 15 is 0 Å². The number of piperidine rings is 1. The number of hydrogen-bond donors (Lipinski definition) is 2. The lowest BCUT2D eigenvalue weighted by atomic mass is 9.98. The summed E-state index contributed by atoms with van der Waals surface area (Å²) < 4.78 is 0. The topological polar surface area (TPSA) is 91.3 Å². The van der Waals surface area contributed by atoms with E-state index in [2.05, 4.69) is 10.3 Å². The van der Waals surface area contributed by atoms with Crippen LogP contribution in [0.2, 0.25) is 0 Å². The van der Waals surface area contributed by atoms with E-state index in [1.807, 2.05) is 11.8 Å². The maximum Gasteiger partial charge on any atom is 0.287 e. The van der Waals surface area contributed by atoms with Gasteiger partial charge in [0.2, 0.25) is 0 Å².